The van der Waals surface area contributed by atoms with Gasteiger partial charge in [-0.25, -0.2) is 0 Å². The fraction of sp³-hybridized carbons (Fsp3) is 0.700. The first-order valence-electron chi connectivity index (χ1n) is 4.93. The molecule has 0 radical (unpaired) electrons. The van der Waals surface area contributed by atoms with Crippen molar-refractivity contribution in [1.82, 2.24) is 0 Å². The Bertz CT molecular complexity index is 267. The van der Waals surface area contributed by atoms with Gasteiger partial charge in [-0.1, -0.05) is 22.0 Å². The molecule has 1 aliphatic rings. The van der Waals surface area contributed by atoms with E-state index in [-0.39, 0.29) is 11.9 Å². The van der Waals surface area contributed by atoms with Crippen LogP contribution in [0.2, 0.25) is 0 Å². The third-order valence-corrected chi connectivity index (χ3v) is 3.38. The number of hydrogen-bond acceptors (Lipinski definition) is 4. The highest BCUT2D eigenvalue weighted by molar-refractivity contribution is 9.11. The Balaban J connectivity index is 2.50. The second kappa shape index (κ2) is 5.63. The van der Waals surface area contributed by atoms with Crippen LogP contribution in [0.5, 0.6) is 0 Å². The maximum absolute atomic E-state index is 11.1. The maximum Gasteiger partial charge on any atom is 0.322 e. The van der Waals surface area contributed by atoms with Crippen LogP contribution in [0.15, 0.2) is 10.6 Å². The summed E-state index contributed by atoms with van der Waals surface area (Å²) in [5.74, 6) is -0.150. The summed E-state index contributed by atoms with van der Waals surface area (Å²) in [5, 5.41) is 9.45. The normalized spacial score (nSPS) is 28.1. The van der Waals surface area contributed by atoms with Crippen molar-refractivity contribution in [3.05, 3.63) is 10.6 Å². The molecule has 0 saturated carbocycles. The average molecular weight is 278 g/mol. The van der Waals surface area contributed by atoms with Crippen molar-refractivity contribution in [3.8, 4) is 0 Å². The number of ether oxygens (including phenoxy) is 1. The van der Waals surface area contributed by atoms with E-state index in [9.17, 15) is 9.90 Å². The first kappa shape index (κ1) is 12.7. The molecule has 3 atom stereocenters. The maximum atomic E-state index is 11.1. The molecule has 86 valence electrons. The molecule has 0 bridgehead atoms. The number of allylic oxidation sites excluding steroid dienone is 1. The van der Waals surface area contributed by atoms with Gasteiger partial charge in [0.05, 0.1) is 13.2 Å². The zero-order valence-corrected chi connectivity index (χ0v) is 10.2. The summed E-state index contributed by atoms with van der Waals surface area (Å²) in [6.07, 6.45) is 3.64. The van der Waals surface area contributed by atoms with Crippen molar-refractivity contribution in [2.75, 3.05) is 7.11 Å². The van der Waals surface area contributed by atoms with Crippen molar-refractivity contribution >= 4 is 21.9 Å². The van der Waals surface area contributed by atoms with Gasteiger partial charge in [0.2, 0.25) is 0 Å². The molecule has 0 heterocycles. The third kappa shape index (κ3) is 3.59. The lowest BCUT2D eigenvalue weighted by atomic mass is 9.89. The molecule has 0 aromatic heterocycles. The largest absolute Gasteiger partial charge is 0.468 e. The zero-order valence-electron chi connectivity index (χ0n) is 8.65. The van der Waals surface area contributed by atoms with E-state index in [2.05, 4.69) is 20.7 Å². The topological polar surface area (TPSA) is 72.5 Å². The number of hydrogen-bond donors (Lipinski definition) is 2. The van der Waals surface area contributed by atoms with Gasteiger partial charge in [0.25, 0.3) is 0 Å². The van der Waals surface area contributed by atoms with Crippen LogP contribution in [0.25, 0.3) is 0 Å². The van der Waals surface area contributed by atoms with E-state index in [1.54, 1.807) is 0 Å². The Morgan fingerprint density at radius 2 is 2.47 bits per heavy atom. The van der Waals surface area contributed by atoms with E-state index in [0.717, 1.165) is 10.9 Å². The Labute approximate surface area is 97.6 Å². The number of halogens is 1. The number of methoxy groups -OCH3 is 1. The fourth-order valence-corrected chi connectivity index (χ4v) is 2.29. The second-order valence-corrected chi connectivity index (χ2v) is 4.69. The van der Waals surface area contributed by atoms with Crippen LogP contribution >= 0.6 is 15.9 Å². The van der Waals surface area contributed by atoms with Gasteiger partial charge in [-0.2, -0.15) is 0 Å². The van der Waals surface area contributed by atoms with Gasteiger partial charge in [0.15, 0.2) is 0 Å². The highest BCUT2D eigenvalue weighted by Crippen LogP contribution is 2.29. The van der Waals surface area contributed by atoms with E-state index in [1.165, 1.54) is 7.11 Å². The minimum Gasteiger partial charge on any atom is -0.468 e. The van der Waals surface area contributed by atoms with Crippen LogP contribution in [0.3, 0.4) is 0 Å². The summed E-state index contributed by atoms with van der Waals surface area (Å²) in [5.41, 5.74) is 5.66. The lowest BCUT2D eigenvalue weighted by Gasteiger charge is -2.24. The quantitative estimate of drug-likeness (QED) is 0.753. The van der Waals surface area contributed by atoms with Crippen molar-refractivity contribution in [1.29, 1.82) is 0 Å². The highest BCUT2D eigenvalue weighted by atomic mass is 79.9. The SMILES string of the molecule is COC(=O)[C@@H](N)C[C@H]1C=C(Br)C(O)CC1. The molecule has 4 nitrogen and oxygen atoms in total. The summed E-state index contributed by atoms with van der Waals surface area (Å²) in [4.78, 5) is 11.1. The zero-order chi connectivity index (χ0) is 11.4. The summed E-state index contributed by atoms with van der Waals surface area (Å²) in [6, 6.07) is -0.577. The molecular weight excluding hydrogens is 262 g/mol. The van der Waals surface area contributed by atoms with Crippen molar-refractivity contribution < 1.29 is 14.6 Å². The number of aliphatic hydroxyl groups excluding tert-OH is 1. The molecule has 1 rings (SSSR count). The molecule has 1 aliphatic carbocycles. The Morgan fingerprint density at radius 1 is 1.80 bits per heavy atom. The first-order valence-corrected chi connectivity index (χ1v) is 5.72. The number of carbonyl (C=O) groups is 1. The van der Waals surface area contributed by atoms with E-state index in [0.29, 0.717) is 12.8 Å². The molecule has 0 aromatic carbocycles. The standard InChI is InChI=1S/C10H16BrNO3/c1-15-10(14)8(12)5-6-2-3-9(13)7(11)4-6/h4,6,8-9,13H,2-3,5,12H2,1H3/t6-,8+,9?/m1/s1. The number of rotatable bonds is 3. The summed E-state index contributed by atoms with van der Waals surface area (Å²) in [6.45, 7) is 0. The molecule has 0 aliphatic heterocycles. The smallest absolute Gasteiger partial charge is 0.322 e. The van der Waals surface area contributed by atoms with E-state index >= 15 is 0 Å². The van der Waals surface area contributed by atoms with Crippen LogP contribution in [0.4, 0.5) is 0 Å². The number of nitrogens with two attached hydrogens (primary N) is 1. The number of carbonyl (C=O) groups excluding carboxylic acids is 1. The minimum absolute atomic E-state index is 0.233. The van der Waals surface area contributed by atoms with Crippen molar-refractivity contribution in [2.45, 2.75) is 31.4 Å². The molecular formula is C10H16BrNO3. The Kier molecular flexibility index (Phi) is 4.76. The van der Waals surface area contributed by atoms with Crippen LogP contribution in [-0.2, 0) is 9.53 Å². The molecule has 15 heavy (non-hydrogen) atoms. The lowest BCUT2D eigenvalue weighted by molar-refractivity contribution is -0.142. The molecule has 1 unspecified atom stereocenters. The number of aliphatic hydroxyl groups is 1. The predicted molar refractivity (Wildman–Crippen MR) is 60.3 cm³/mol. The molecule has 0 amide bonds. The van der Waals surface area contributed by atoms with Crippen LogP contribution in [0, 0.1) is 5.92 Å². The number of esters is 1. The van der Waals surface area contributed by atoms with Gasteiger partial charge < -0.3 is 15.6 Å². The van der Waals surface area contributed by atoms with Gasteiger partial charge in [-0.05, 0) is 25.2 Å². The minimum atomic E-state index is -0.577. The van der Waals surface area contributed by atoms with E-state index in [4.69, 9.17) is 5.73 Å². The van der Waals surface area contributed by atoms with Crippen molar-refractivity contribution in [3.63, 3.8) is 0 Å². The molecule has 5 heteroatoms. The van der Waals surface area contributed by atoms with E-state index < -0.39 is 12.1 Å². The van der Waals surface area contributed by atoms with E-state index in [1.807, 2.05) is 6.08 Å². The van der Waals surface area contributed by atoms with Gasteiger partial charge >= 0.3 is 5.97 Å². The lowest BCUT2D eigenvalue weighted by Crippen LogP contribution is -2.34. The van der Waals surface area contributed by atoms with Gasteiger partial charge in [0, 0.05) is 4.48 Å². The van der Waals surface area contributed by atoms with Gasteiger partial charge in [-0.3, -0.25) is 4.79 Å². The van der Waals surface area contributed by atoms with Crippen molar-refractivity contribution in [2.24, 2.45) is 11.7 Å². The molecule has 0 saturated heterocycles. The molecule has 3 N–H and O–H groups in total. The fourth-order valence-electron chi connectivity index (χ4n) is 1.69. The Hall–Kier alpha value is -0.390. The van der Waals surface area contributed by atoms with Crippen LogP contribution in [0.1, 0.15) is 19.3 Å². The summed E-state index contributed by atoms with van der Waals surface area (Å²) >= 11 is 3.29. The predicted octanol–water partition coefficient (Wildman–Crippen LogP) is 0.927. The molecule has 0 aromatic rings. The van der Waals surface area contributed by atoms with Gasteiger partial charge in [0.1, 0.15) is 6.04 Å². The first-order chi connectivity index (χ1) is 7.04. The van der Waals surface area contributed by atoms with Crippen LogP contribution < -0.4 is 5.73 Å². The van der Waals surface area contributed by atoms with Crippen LogP contribution in [-0.4, -0.2) is 30.3 Å². The molecule has 0 spiro atoms. The summed E-state index contributed by atoms with van der Waals surface area (Å²) < 4.78 is 5.34. The highest BCUT2D eigenvalue weighted by Gasteiger charge is 2.24. The van der Waals surface area contributed by atoms with Gasteiger partial charge in [-0.15, -0.1) is 0 Å². The molecule has 0 fully saturated rings. The second-order valence-electron chi connectivity index (χ2n) is 3.77. The third-order valence-electron chi connectivity index (χ3n) is 2.58. The average Bonchev–Trinajstić information content (AvgIpc) is 2.22. The monoisotopic (exact) mass is 277 g/mol. The summed E-state index contributed by atoms with van der Waals surface area (Å²) in [7, 11) is 1.33. The Morgan fingerprint density at radius 3 is 3.00 bits per heavy atom.